The number of rotatable bonds is 6. The Balaban J connectivity index is 2.96. The SMILES string of the molecule is CNS(=O)(=O)CCNS(=O)(=O)c1c(F)cc(N)cc1F. The summed E-state index contributed by atoms with van der Waals surface area (Å²) in [7, 11) is -7.00. The molecule has 0 saturated carbocycles. The van der Waals surface area contributed by atoms with Gasteiger partial charge in [0, 0.05) is 12.2 Å². The molecule has 1 aromatic carbocycles. The predicted octanol–water partition coefficient (Wildman–Crippen LogP) is -0.626. The van der Waals surface area contributed by atoms with E-state index >= 15 is 0 Å². The van der Waals surface area contributed by atoms with Crippen molar-refractivity contribution in [2.24, 2.45) is 0 Å². The van der Waals surface area contributed by atoms with Gasteiger partial charge in [-0.1, -0.05) is 0 Å². The summed E-state index contributed by atoms with van der Waals surface area (Å²) in [6.45, 7) is -0.533. The number of hydrogen-bond donors (Lipinski definition) is 3. The third-order valence-corrected chi connectivity index (χ3v) is 5.14. The van der Waals surface area contributed by atoms with Crippen molar-refractivity contribution < 1.29 is 25.6 Å². The number of nitrogens with one attached hydrogen (secondary N) is 2. The molecule has 0 amide bonds. The summed E-state index contributed by atoms with van der Waals surface area (Å²) in [5, 5.41) is 0. The number of hydrogen-bond acceptors (Lipinski definition) is 5. The molecule has 0 aromatic heterocycles. The summed E-state index contributed by atoms with van der Waals surface area (Å²) < 4.78 is 76.3. The maximum absolute atomic E-state index is 13.5. The van der Waals surface area contributed by atoms with Crippen molar-refractivity contribution in [3.63, 3.8) is 0 Å². The summed E-state index contributed by atoms with van der Waals surface area (Å²) >= 11 is 0. The predicted molar refractivity (Wildman–Crippen MR) is 68.8 cm³/mol. The zero-order valence-electron chi connectivity index (χ0n) is 10.4. The Morgan fingerprint density at radius 1 is 1.15 bits per heavy atom. The molecule has 0 radical (unpaired) electrons. The Labute approximate surface area is 115 Å². The van der Waals surface area contributed by atoms with Gasteiger partial charge in [0.1, 0.15) is 11.6 Å². The standard InChI is InChI=1S/C9H13F2N3O4S2/c1-13-19(15,16)3-2-14-20(17,18)9-7(10)4-6(12)5-8(9)11/h4-5,13-14H,2-3,12H2,1H3. The molecule has 1 rings (SSSR count). The first kappa shape index (κ1) is 16.8. The first-order valence-corrected chi connectivity index (χ1v) is 8.38. The minimum atomic E-state index is -4.52. The maximum atomic E-state index is 13.5. The number of nitrogens with two attached hydrogens (primary N) is 1. The molecule has 4 N–H and O–H groups in total. The molecule has 0 atom stereocenters. The topological polar surface area (TPSA) is 118 Å². The lowest BCUT2D eigenvalue weighted by Crippen LogP contribution is -2.33. The highest BCUT2D eigenvalue weighted by atomic mass is 32.2. The highest BCUT2D eigenvalue weighted by Gasteiger charge is 2.24. The maximum Gasteiger partial charge on any atom is 0.246 e. The van der Waals surface area contributed by atoms with E-state index in [2.05, 4.69) is 0 Å². The lowest BCUT2D eigenvalue weighted by molar-refractivity contribution is 0.515. The van der Waals surface area contributed by atoms with Crippen LogP contribution in [0.2, 0.25) is 0 Å². The first-order valence-electron chi connectivity index (χ1n) is 5.24. The van der Waals surface area contributed by atoms with Gasteiger partial charge in [-0.15, -0.1) is 0 Å². The van der Waals surface area contributed by atoms with Crippen LogP contribution in [0.1, 0.15) is 0 Å². The number of sulfonamides is 2. The van der Waals surface area contributed by atoms with Crippen molar-refractivity contribution in [3.05, 3.63) is 23.8 Å². The molecule has 1 aromatic rings. The zero-order chi connectivity index (χ0) is 15.6. The van der Waals surface area contributed by atoms with E-state index in [1.807, 2.05) is 4.72 Å². The lowest BCUT2D eigenvalue weighted by Gasteiger charge is -2.09. The van der Waals surface area contributed by atoms with E-state index in [1.165, 1.54) is 0 Å². The van der Waals surface area contributed by atoms with Gasteiger partial charge in [0.05, 0.1) is 5.75 Å². The van der Waals surface area contributed by atoms with Gasteiger partial charge in [-0.05, 0) is 19.2 Å². The fourth-order valence-corrected chi connectivity index (χ4v) is 3.17. The molecule has 114 valence electrons. The van der Waals surface area contributed by atoms with Gasteiger partial charge in [-0.3, -0.25) is 0 Å². The highest BCUT2D eigenvalue weighted by molar-refractivity contribution is 7.90. The van der Waals surface area contributed by atoms with Gasteiger partial charge in [0.2, 0.25) is 20.0 Å². The minimum absolute atomic E-state index is 0.267. The normalized spacial score (nSPS) is 12.6. The summed E-state index contributed by atoms with van der Waals surface area (Å²) in [6, 6.07) is 1.31. The van der Waals surface area contributed by atoms with Gasteiger partial charge in [0.25, 0.3) is 0 Å². The van der Waals surface area contributed by atoms with E-state index < -0.39 is 48.9 Å². The van der Waals surface area contributed by atoms with Crippen LogP contribution in [0.5, 0.6) is 0 Å². The van der Waals surface area contributed by atoms with Crippen molar-refractivity contribution in [1.82, 2.24) is 9.44 Å². The Kier molecular flexibility index (Phi) is 5.02. The minimum Gasteiger partial charge on any atom is -0.399 e. The smallest absolute Gasteiger partial charge is 0.246 e. The summed E-state index contributed by atoms with van der Waals surface area (Å²) in [6.07, 6.45) is 0. The van der Waals surface area contributed by atoms with E-state index in [1.54, 1.807) is 4.72 Å². The zero-order valence-corrected chi connectivity index (χ0v) is 12.0. The Morgan fingerprint density at radius 3 is 2.10 bits per heavy atom. The van der Waals surface area contributed by atoms with Crippen molar-refractivity contribution in [3.8, 4) is 0 Å². The summed E-state index contributed by atoms with van der Waals surface area (Å²) in [5.41, 5.74) is 4.90. The van der Waals surface area contributed by atoms with Crippen molar-refractivity contribution in [2.45, 2.75) is 4.90 Å². The second kappa shape index (κ2) is 5.99. The highest BCUT2D eigenvalue weighted by Crippen LogP contribution is 2.21. The number of anilines is 1. The summed E-state index contributed by atoms with van der Waals surface area (Å²) in [4.78, 5) is -1.20. The van der Waals surface area contributed by atoms with Crippen LogP contribution in [0.15, 0.2) is 17.0 Å². The average molecular weight is 329 g/mol. The number of nitrogen functional groups attached to an aromatic ring is 1. The number of benzene rings is 1. The van der Waals surface area contributed by atoms with Gasteiger partial charge < -0.3 is 5.73 Å². The van der Waals surface area contributed by atoms with E-state index in [0.29, 0.717) is 12.1 Å². The molecule has 11 heteroatoms. The lowest BCUT2D eigenvalue weighted by atomic mass is 10.3. The Bertz CT molecular complexity index is 681. The fourth-order valence-electron chi connectivity index (χ4n) is 1.32. The van der Waals surface area contributed by atoms with Gasteiger partial charge in [-0.25, -0.2) is 35.1 Å². The largest absolute Gasteiger partial charge is 0.399 e. The number of halogens is 2. The van der Waals surface area contributed by atoms with Crippen LogP contribution in [0, 0.1) is 11.6 Å². The molecule has 7 nitrogen and oxygen atoms in total. The van der Waals surface area contributed by atoms with Crippen LogP contribution in [0.3, 0.4) is 0 Å². The molecule has 0 spiro atoms. The van der Waals surface area contributed by atoms with Crippen LogP contribution < -0.4 is 15.2 Å². The van der Waals surface area contributed by atoms with E-state index in [-0.39, 0.29) is 5.69 Å². The van der Waals surface area contributed by atoms with Crippen LogP contribution in [-0.4, -0.2) is 36.2 Å². The molecule has 20 heavy (non-hydrogen) atoms. The molecule has 0 fully saturated rings. The third kappa shape index (κ3) is 4.10. The molecule has 0 bridgehead atoms. The molecular weight excluding hydrogens is 316 g/mol. The summed E-state index contributed by atoms with van der Waals surface area (Å²) in [5.74, 6) is -3.28. The molecule has 0 aliphatic carbocycles. The molecule has 0 aliphatic heterocycles. The van der Waals surface area contributed by atoms with Gasteiger partial charge in [-0.2, -0.15) is 0 Å². The van der Waals surface area contributed by atoms with E-state index in [0.717, 1.165) is 7.05 Å². The third-order valence-electron chi connectivity index (χ3n) is 2.26. The van der Waals surface area contributed by atoms with Crippen molar-refractivity contribution in [2.75, 3.05) is 25.1 Å². The second-order valence-electron chi connectivity index (χ2n) is 3.73. The Hall–Kier alpha value is -1.30. The Morgan fingerprint density at radius 2 is 1.65 bits per heavy atom. The molecule has 0 aliphatic rings. The first-order chi connectivity index (χ1) is 9.09. The van der Waals surface area contributed by atoms with Crippen molar-refractivity contribution >= 4 is 25.7 Å². The van der Waals surface area contributed by atoms with Gasteiger partial charge in [0.15, 0.2) is 4.90 Å². The average Bonchev–Trinajstić information content (AvgIpc) is 2.26. The molecule has 0 heterocycles. The molecular formula is C9H13F2N3O4S2. The fraction of sp³-hybridized carbons (Fsp3) is 0.333. The van der Waals surface area contributed by atoms with Crippen LogP contribution in [0.25, 0.3) is 0 Å². The van der Waals surface area contributed by atoms with Crippen molar-refractivity contribution in [1.29, 1.82) is 0 Å². The molecule has 0 saturated heterocycles. The molecule has 0 unspecified atom stereocenters. The monoisotopic (exact) mass is 329 g/mol. The van der Waals surface area contributed by atoms with Crippen LogP contribution in [-0.2, 0) is 20.0 Å². The van der Waals surface area contributed by atoms with Crippen LogP contribution >= 0.6 is 0 Å². The van der Waals surface area contributed by atoms with E-state index in [4.69, 9.17) is 5.73 Å². The quantitative estimate of drug-likeness (QED) is 0.601. The van der Waals surface area contributed by atoms with E-state index in [9.17, 15) is 25.6 Å². The van der Waals surface area contributed by atoms with Crippen LogP contribution in [0.4, 0.5) is 14.5 Å². The second-order valence-corrected chi connectivity index (χ2v) is 7.48. The van der Waals surface area contributed by atoms with Gasteiger partial charge >= 0.3 is 0 Å².